The summed E-state index contributed by atoms with van der Waals surface area (Å²) in [6, 6.07) is 23.4. The number of nitrogens with zero attached hydrogens (tertiary/aromatic N) is 2. The number of benzene rings is 3. The van der Waals surface area contributed by atoms with Gasteiger partial charge in [0, 0.05) is 50.3 Å². The monoisotopic (exact) mass is 532 g/mol. The average molecular weight is 533 g/mol. The van der Waals surface area contributed by atoms with Crippen molar-refractivity contribution < 1.29 is 23.8 Å². The van der Waals surface area contributed by atoms with Crippen LogP contribution < -0.4 is 19.3 Å². The van der Waals surface area contributed by atoms with Gasteiger partial charge in [-0.15, -0.1) is 0 Å². The van der Waals surface area contributed by atoms with Crippen molar-refractivity contribution in [2.75, 3.05) is 36.5 Å². The van der Waals surface area contributed by atoms with Crippen LogP contribution in [0, 0.1) is 11.7 Å². The summed E-state index contributed by atoms with van der Waals surface area (Å²) < 4.78 is 25.9. The molecule has 0 bridgehead atoms. The van der Waals surface area contributed by atoms with E-state index in [-0.39, 0.29) is 24.4 Å². The van der Waals surface area contributed by atoms with Crippen LogP contribution in [0.2, 0.25) is 0 Å². The van der Waals surface area contributed by atoms with Crippen LogP contribution in [-0.2, 0) is 11.2 Å². The first kappa shape index (κ1) is 26.9. The zero-order valence-electron chi connectivity index (χ0n) is 22.5. The highest BCUT2D eigenvalue weighted by Crippen LogP contribution is 2.35. The molecule has 1 N–H and O–H groups in total. The lowest BCUT2D eigenvalue weighted by atomic mass is 9.96. The smallest absolute Gasteiger partial charge is 0.305 e. The van der Waals surface area contributed by atoms with Gasteiger partial charge in [-0.3, -0.25) is 4.79 Å². The summed E-state index contributed by atoms with van der Waals surface area (Å²) in [6.45, 7) is 2.29. The second kappa shape index (κ2) is 12.4. The highest BCUT2D eigenvalue weighted by atomic mass is 19.1. The van der Waals surface area contributed by atoms with Crippen LogP contribution in [-0.4, -0.2) is 50.0 Å². The molecule has 0 radical (unpaired) electrons. The largest absolute Gasteiger partial charge is 0.497 e. The summed E-state index contributed by atoms with van der Waals surface area (Å²) in [7, 11) is 1.59. The van der Waals surface area contributed by atoms with Crippen LogP contribution in [0.15, 0.2) is 72.8 Å². The fraction of sp³-hybridized carbons (Fsp3) is 0.406. The zero-order chi connectivity index (χ0) is 27.2. The van der Waals surface area contributed by atoms with Crippen molar-refractivity contribution in [3.8, 4) is 11.5 Å². The van der Waals surface area contributed by atoms with E-state index in [0.717, 1.165) is 50.1 Å². The number of carboxylic acids is 1. The number of carboxylic acid groups (broad SMARTS) is 1. The lowest BCUT2D eigenvalue weighted by Gasteiger charge is -2.34. The van der Waals surface area contributed by atoms with E-state index in [9.17, 15) is 14.3 Å². The molecular formula is C32H37FN2O4. The molecule has 2 aliphatic heterocycles. The molecule has 39 heavy (non-hydrogen) atoms. The van der Waals surface area contributed by atoms with E-state index >= 15 is 0 Å². The van der Waals surface area contributed by atoms with E-state index in [1.165, 1.54) is 11.6 Å². The Morgan fingerprint density at radius 1 is 1.00 bits per heavy atom. The summed E-state index contributed by atoms with van der Waals surface area (Å²) in [4.78, 5) is 15.9. The van der Waals surface area contributed by atoms with Crippen molar-refractivity contribution >= 4 is 17.3 Å². The van der Waals surface area contributed by atoms with E-state index in [4.69, 9.17) is 9.47 Å². The Kier molecular flexibility index (Phi) is 8.54. The fourth-order valence-electron chi connectivity index (χ4n) is 5.93. The minimum absolute atomic E-state index is 0.00336. The number of ether oxygens (including phenoxy) is 2. The lowest BCUT2D eigenvalue weighted by molar-refractivity contribution is -0.137. The van der Waals surface area contributed by atoms with Crippen LogP contribution in [0.3, 0.4) is 0 Å². The zero-order valence-corrected chi connectivity index (χ0v) is 22.5. The van der Waals surface area contributed by atoms with Crippen molar-refractivity contribution in [3.63, 3.8) is 0 Å². The highest BCUT2D eigenvalue weighted by Gasteiger charge is 2.33. The Balaban J connectivity index is 1.16. The number of methoxy groups -OCH3 is 1. The molecule has 2 unspecified atom stereocenters. The van der Waals surface area contributed by atoms with Crippen molar-refractivity contribution in [2.45, 2.75) is 50.7 Å². The number of piperidine rings is 1. The van der Waals surface area contributed by atoms with Crippen molar-refractivity contribution in [2.24, 2.45) is 5.92 Å². The normalized spacial score (nSPS) is 19.7. The van der Waals surface area contributed by atoms with Crippen LogP contribution in [0.4, 0.5) is 15.8 Å². The molecule has 2 aliphatic rings. The van der Waals surface area contributed by atoms with Crippen LogP contribution in [0.25, 0.3) is 0 Å². The second-order valence-corrected chi connectivity index (χ2v) is 10.6. The number of hydrogen-bond donors (Lipinski definition) is 1. The molecule has 206 valence electrons. The quantitative estimate of drug-likeness (QED) is 0.336. The molecular weight excluding hydrogens is 495 g/mol. The number of hydrogen-bond acceptors (Lipinski definition) is 5. The molecule has 6 nitrogen and oxygen atoms in total. The predicted octanol–water partition coefficient (Wildman–Crippen LogP) is 6.18. The summed E-state index contributed by atoms with van der Waals surface area (Å²) in [5.41, 5.74) is 2.94. The molecule has 2 heterocycles. The van der Waals surface area contributed by atoms with E-state index in [1.807, 2.05) is 35.2 Å². The second-order valence-electron chi connectivity index (χ2n) is 10.6. The first-order valence-electron chi connectivity index (χ1n) is 13.9. The van der Waals surface area contributed by atoms with E-state index in [1.54, 1.807) is 19.2 Å². The van der Waals surface area contributed by atoms with Gasteiger partial charge >= 0.3 is 5.97 Å². The fourth-order valence-corrected chi connectivity index (χ4v) is 5.93. The predicted molar refractivity (Wildman–Crippen MR) is 152 cm³/mol. The van der Waals surface area contributed by atoms with Gasteiger partial charge in [0.2, 0.25) is 0 Å². The number of carbonyl (C=O) groups is 1. The Morgan fingerprint density at radius 3 is 2.41 bits per heavy atom. The standard InChI is InChI=1S/C32H37FN2O4/c1-38-29-13-14-30(33)31(21-29)34-17-15-28(16-18-34)39-27-11-9-25(10-12-27)35-22-24(19-26(35)20-32(36)37)8-7-23-5-3-2-4-6-23/h2-6,9-14,21,24,26,28H,7-8,15-20,22H2,1H3,(H,36,37). The third-order valence-corrected chi connectivity index (χ3v) is 8.00. The topological polar surface area (TPSA) is 62.2 Å². The lowest BCUT2D eigenvalue weighted by Crippen LogP contribution is -2.38. The average Bonchev–Trinajstić information content (AvgIpc) is 3.35. The molecule has 0 aliphatic carbocycles. The Hall–Kier alpha value is -3.74. The molecule has 0 saturated carbocycles. The van der Waals surface area contributed by atoms with Crippen molar-refractivity contribution in [3.05, 3.63) is 84.2 Å². The number of halogens is 1. The highest BCUT2D eigenvalue weighted by molar-refractivity contribution is 5.69. The molecule has 2 saturated heterocycles. The molecule has 3 aromatic rings. The summed E-state index contributed by atoms with van der Waals surface area (Å²) in [6.07, 6.45) is 4.76. The van der Waals surface area contributed by atoms with Gasteiger partial charge in [-0.2, -0.15) is 0 Å². The molecule has 0 aromatic heterocycles. The summed E-state index contributed by atoms with van der Waals surface area (Å²) in [5.74, 6) is 0.922. The first-order chi connectivity index (χ1) is 19.0. The molecule has 2 fully saturated rings. The van der Waals surface area contributed by atoms with Gasteiger partial charge in [-0.25, -0.2) is 4.39 Å². The molecule has 7 heteroatoms. The van der Waals surface area contributed by atoms with E-state index < -0.39 is 5.97 Å². The van der Waals surface area contributed by atoms with Crippen molar-refractivity contribution in [1.29, 1.82) is 0 Å². The van der Waals surface area contributed by atoms with Crippen LogP contribution in [0.1, 0.15) is 37.7 Å². The van der Waals surface area contributed by atoms with Gasteiger partial charge in [-0.1, -0.05) is 30.3 Å². The Morgan fingerprint density at radius 2 is 1.72 bits per heavy atom. The number of rotatable bonds is 10. The van der Waals surface area contributed by atoms with E-state index in [2.05, 4.69) is 29.2 Å². The van der Waals surface area contributed by atoms with Gasteiger partial charge in [0.05, 0.1) is 19.2 Å². The van der Waals surface area contributed by atoms with E-state index in [0.29, 0.717) is 30.4 Å². The molecule has 5 rings (SSSR count). The maximum atomic E-state index is 14.4. The summed E-state index contributed by atoms with van der Waals surface area (Å²) in [5, 5.41) is 9.51. The minimum Gasteiger partial charge on any atom is -0.497 e. The SMILES string of the molecule is COc1ccc(F)c(N2CCC(Oc3ccc(N4CC(CCc5ccccc5)CC4CC(=O)O)cc3)CC2)c1. The Bertz CT molecular complexity index is 1230. The van der Waals surface area contributed by atoms with Crippen molar-refractivity contribution in [1.82, 2.24) is 0 Å². The van der Waals surface area contributed by atoms with Crippen LogP contribution in [0.5, 0.6) is 11.5 Å². The maximum Gasteiger partial charge on any atom is 0.305 e. The number of aliphatic carboxylic acids is 1. The third-order valence-electron chi connectivity index (χ3n) is 8.00. The number of aryl methyl sites for hydroxylation is 1. The summed E-state index contributed by atoms with van der Waals surface area (Å²) >= 11 is 0. The third kappa shape index (κ3) is 6.83. The Labute approximate surface area is 230 Å². The molecule has 0 spiro atoms. The van der Waals surface area contributed by atoms with Gasteiger partial charge in [-0.05, 0) is 67.1 Å². The van der Waals surface area contributed by atoms with Gasteiger partial charge in [0.1, 0.15) is 23.4 Å². The number of anilines is 2. The van der Waals surface area contributed by atoms with Gasteiger partial charge in [0.15, 0.2) is 0 Å². The van der Waals surface area contributed by atoms with Gasteiger partial charge in [0.25, 0.3) is 0 Å². The first-order valence-corrected chi connectivity index (χ1v) is 13.9. The molecule has 2 atom stereocenters. The maximum absolute atomic E-state index is 14.4. The minimum atomic E-state index is -0.756. The van der Waals surface area contributed by atoms with Gasteiger partial charge < -0.3 is 24.4 Å². The molecule has 0 amide bonds. The molecule has 3 aromatic carbocycles. The van der Waals surface area contributed by atoms with Crippen LogP contribution >= 0.6 is 0 Å².